The quantitative estimate of drug-likeness (QED) is 0.809. The van der Waals surface area contributed by atoms with Gasteiger partial charge in [-0.1, -0.05) is 0 Å². The van der Waals surface area contributed by atoms with Gasteiger partial charge in [0, 0.05) is 25.1 Å². The molecular weight excluding hydrogens is 266 g/mol. The Kier molecular flexibility index (Phi) is 5.69. The van der Waals surface area contributed by atoms with E-state index in [1.54, 1.807) is 20.5 Å². The molecule has 0 amide bonds. The van der Waals surface area contributed by atoms with Gasteiger partial charge in [-0.3, -0.25) is 0 Å². The van der Waals surface area contributed by atoms with Gasteiger partial charge in [0.05, 0.1) is 20.5 Å². The molecule has 1 unspecified atom stereocenters. The van der Waals surface area contributed by atoms with E-state index in [1.165, 1.54) is 0 Å². The minimum absolute atomic E-state index is 0.410. The molecule has 0 spiro atoms. The van der Waals surface area contributed by atoms with Crippen LogP contribution in [-0.4, -0.2) is 20.3 Å². The van der Waals surface area contributed by atoms with Gasteiger partial charge in [0.25, 0.3) is 0 Å². The van der Waals surface area contributed by atoms with Crippen molar-refractivity contribution in [1.29, 1.82) is 0 Å². The lowest BCUT2D eigenvalue weighted by molar-refractivity contribution is 0.392. The van der Waals surface area contributed by atoms with Crippen LogP contribution in [0.25, 0.3) is 0 Å². The van der Waals surface area contributed by atoms with E-state index < -0.39 is 0 Å². The SMILES string of the molecule is COc1cc(CNC(C)CCc2ccco2)cc(OC)c1. The Bertz CT molecular complexity index is 515. The highest BCUT2D eigenvalue weighted by atomic mass is 16.5. The summed E-state index contributed by atoms with van der Waals surface area (Å²) >= 11 is 0. The number of benzene rings is 1. The normalized spacial score (nSPS) is 12.1. The van der Waals surface area contributed by atoms with E-state index in [0.717, 1.165) is 42.2 Å². The summed E-state index contributed by atoms with van der Waals surface area (Å²) in [6.07, 6.45) is 3.70. The van der Waals surface area contributed by atoms with Crippen molar-refractivity contribution in [2.75, 3.05) is 14.2 Å². The number of furan rings is 1. The second-order valence-electron chi connectivity index (χ2n) is 5.12. The van der Waals surface area contributed by atoms with E-state index in [1.807, 2.05) is 30.3 Å². The van der Waals surface area contributed by atoms with Crippen LogP contribution in [0.5, 0.6) is 11.5 Å². The Morgan fingerprint density at radius 2 is 1.86 bits per heavy atom. The molecule has 0 radical (unpaired) electrons. The third-order valence-corrected chi connectivity index (χ3v) is 3.47. The van der Waals surface area contributed by atoms with Crippen LogP contribution in [0.4, 0.5) is 0 Å². The lowest BCUT2D eigenvalue weighted by Crippen LogP contribution is -2.25. The first-order chi connectivity index (χ1) is 10.2. The molecule has 0 bridgehead atoms. The standard InChI is InChI=1S/C17H23NO3/c1-13(6-7-15-5-4-8-21-15)18-12-14-9-16(19-2)11-17(10-14)20-3/h4-5,8-11,13,18H,6-7,12H2,1-3H3. The second-order valence-corrected chi connectivity index (χ2v) is 5.12. The molecule has 0 saturated carbocycles. The summed E-state index contributed by atoms with van der Waals surface area (Å²) in [6, 6.07) is 10.3. The average molecular weight is 289 g/mol. The van der Waals surface area contributed by atoms with Crippen LogP contribution in [0.3, 0.4) is 0 Å². The fourth-order valence-corrected chi connectivity index (χ4v) is 2.18. The molecule has 0 aliphatic carbocycles. The molecule has 0 aliphatic heterocycles. The summed E-state index contributed by atoms with van der Waals surface area (Å²) in [6.45, 7) is 2.97. The van der Waals surface area contributed by atoms with Gasteiger partial charge in [0.2, 0.25) is 0 Å². The molecular formula is C17H23NO3. The molecule has 0 saturated heterocycles. The number of ether oxygens (including phenoxy) is 2. The minimum atomic E-state index is 0.410. The highest BCUT2D eigenvalue weighted by Gasteiger charge is 2.06. The molecule has 2 aromatic rings. The fraction of sp³-hybridized carbons (Fsp3) is 0.412. The van der Waals surface area contributed by atoms with E-state index in [2.05, 4.69) is 12.2 Å². The predicted octanol–water partition coefficient (Wildman–Crippen LogP) is 3.41. The molecule has 114 valence electrons. The Labute approximate surface area is 126 Å². The van der Waals surface area contributed by atoms with Crippen molar-refractivity contribution < 1.29 is 13.9 Å². The van der Waals surface area contributed by atoms with Gasteiger partial charge in [0.15, 0.2) is 0 Å². The maximum absolute atomic E-state index is 5.35. The number of aryl methyl sites for hydroxylation is 1. The first kappa shape index (κ1) is 15.4. The van der Waals surface area contributed by atoms with Gasteiger partial charge in [0.1, 0.15) is 17.3 Å². The van der Waals surface area contributed by atoms with E-state index in [4.69, 9.17) is 13.9 Å². The first-order valence-electron chi connectivity index (χ1n) is 7.19. The number of methoxy groups -OCH3 is 2. The maximum Gasteiger partial charge on any atom is 0.122 e. The van der Waals surface area contributed by atoms with Crippen LogP contribution in [0.15, 0.2) is 41.0 Å². The zero-order valence-electron chi connectivity index (χ0n) is 12.9. The van der Waals surface area contributed by atoms with E-state index in [-0.39, 0.29) is 0 Å². The minimum Gasteiger partial charge on any atom is -0.497 e. The summed E-state index contributed by atoms with van der Waals surface area (Å²) < 4.78 is 15.9. The average Bonchev–Trinajstić information content (AvgIpc) is 3.03. The van der Waals surface area contributed by atoms with E-state index in [0.29, 0.717) is 6.04 Å². The van der Waals surface area contributed by atoms with E-state index >= 15 is 0 Å². The highest BCUT2D eigenvalue weighted by Crippen LogP contribution is 2.22. The molecule has 1 atom stereocenters. The molecule has 0 aliphatic rings. The monoisotopic (exact) mass is 289 g/mol. The first-order valence-corrected chi connectivity index (χ1v) is 7.19. The van der Waals surface area contributed by atoms with Crippen molar-refractivity contribution in [1.82, 2.24) is 5.32 Å². The molecule has 0 fully saturated rings. The topological polar surface area (TPSA) is 43.6 Å². The molecule has 21 heavy (non-hydrogen) atoms. The fourth-order valence-electron chi connectivity index (χ4n) is 2.18. The van der Waals surface area contributed by atoms with Crippen molar-refractivity contribution in [3.63, 3.8) is 0 Å². The van der Waals surface area contributed by atoms with Crippen LogP contribution in [0.1, 0.15) is 24.7 Å². The number of hydrogen-bond acceptors (Lipinski definition) is 4. The van der Waals surface area contributed by atoms with Crippen LogP contribution in [0.2, 0.25) is 0 Å². The van der Waals surface area contributed by atoms with Crippen molar-refractivity contribution in [2.24, 2.45) is 0 Å². The number of nitrogens with one attached hydrogen (secondary N) is 1. The zero-order valence-corrected chi connectivity index (χ0v) is 12.9. The van der Waals surface area contributed by atoms with Gasteiger partial charge in [-0.05, 0) is 43.2 Å². The highest BCUT2D eigenvalue weighted by molar-refractivity contribution is 5.38. The molecule has 1 aromatic heterocycles. The second kappa shape index (κ2) is 7.74. The van der Waals surface area contributed by atoms with Gasteiger partial charge in [-0.25, -0.2) is 0 Å². The van der Waals surface area contributed by atoms with Crippen LogP contribution >= 0.6 is 0 Å². The van der Waals surface area contributed by atoms with Gasteiger partial charge in [-0.2, -0.15) is 0 Å². The molecule has 1 N–H and O–H groups in total. The smallest absolute Gasteiger partial charge is 0.122 e. The van der Waals surface area contributed by atoms with Crippen molar-refractivity contribution in [2.45, 2.75) is 32.4 Å². The van der Waals surface area contributed by atoms with Crippen LogP contribution < -0.4 is 14.8 Å². The summed E-state index contributed by atoms with van der Waals surface area (Å²) in [5.74, 6) is 2.66. The summed E-state index contributed by atoms with van der Waals surface area (Å²) in [7, 11) is 3.33. The summed E-state index contributed by atoms with van der Waals surface area (Å²) in [5, 5.41) is 3.51. The van der Waals surface area contributed by atoms with Gasteiger partial charge < -0.3 is 19.2 Å². The third-order valence-electron chi connectivity index (χ3n) is 3.47. The summed E-state index contributed by atoms with van der Waals surface area (Å²) in [4.78, 5) is 0. The maximum atomic E-state index is 5.35. The lowest BCUT2D eigenvalue weighted by Gasteiger charge is -2.14. The van der Waals surface area contributed by atoms with Gasteiger partial charge >= 0.3 is 0 Å². The Balaban J connectivity index is 1.84. The van der Waals surface area contributed by atoms with E-state index in [9.17, 15) is 0 Å². The lowest BCUT2D eigenvalue weighted by atomic mass is 10.1. The van der Waals surface area contributed by atoms with Crippen LogP contribution in [0, 0.1) is 0 Å². The molecule has 1 heterocycles. The predicted molar refractivity (Wildman–Crippen MR) is 82.9 cm³/mol. The van der Waals surface area contributed by atoms with Gasteiger partial charge in [-0.15, -0.1) is 0 Å². The molecule has 4 nitrogen and oxygen atoms in total. The zero-order chi connectivity index (χ0) is 15.1. The van der Waals surface area contributed by atoms with Crippen molar-refractivity contribution in [3.8, 4) is 11.5 Å². The number of hydrogen-bond donors (Lipinski definition) is 1. The molecule has 4 heteroatoms. The van der Waals surface area contributed by atoms with Crippen LogP contribution in [-0.2, 0) is 13.0 Å². The molecule has 1 aromatic carbocycles. The Hall–Kier alpha value is -1.94. The van der Waals surface area contributed by atoms with Crippen molar-refractivity contribution >= 4 is 0 Å². The summed E-state index contributed by atoms with van der Waals surface area (Å²) in [5.41, 5.74) is 1.15. The third kappa shape index (κ3) is 4.83. The van der Waals surface area contributed by atoms with Crippen molar-refractivity contribution in [3.05, 3.63) is 47.9 Å². The Morgan fingerprint density at radius 3 is 2.43 bits per heavy atom. The largest absolute Gasteiger partial charge is 0.497 e. The Morgan fingerprint density at radius 1 is 1.14 bits per heavy atom. The molecule has 2 rings (SSSR count). The number of rotatable bonds is 8.